The van der Waals surface area contributed by atoms with Crippen molar-refractivity contribution < 1.29 is 19.4 Å². The van der Waals surface area contributed by atoms with Crippen LogP contribution in [-0.4, -0.2) is 54.4 Å². The van der Waals surface area contributed by atoms with E-state index >= 15 is 0 Å². The summed E-state index contributed by atoms with van der Waals surface area (Å²) in [7, 11) is 0. The summed E-state index contributed by atoms with van der Waals surface area (Å²) in [5.41, 5.74) is 0. The van der Waals surface area contributed by atoms with Crippen molar-refractivity contribution in [3.05, 3.63) is 0 Å². The number of hydrogen-bond acceptors (Lipinski definition) is 3. The summed E-state index contributed by atoms with van der Waals surface area (Å²) in [6.07, 6.45) is 2.31. The number of hydrogen-bond donors (Lipinski definition) is 2. The first kappa shape index (κ1) is 16.1. The molecule has 2 fully saturated rings. The van der Waals surface area contributed by atoms with Crippen LogP contribution in [0.15, 0.2) is 0 Å². The van der Waals surface area contributed by atoms with Gasteiger partial charge in [0.05, 0.1) is 12.0 Å². The number of nitrogens with zero attached hydrogens (tertiary/aromatic N) is 1. The van der Waals surface area contributed by atoms with E-state index in [1.165, 1.54) is 0 Å². The summed E-state index contributed by atoms with van der Waals surface area (Å²) in [4.78, 5) is 24.8. The van der Waals surface area contributed by atoms with Crippen molar-refractivity contribution in [3.8, 4) is 0 Å². The second-order valence-electron chi connectivity index (χ2n) is 6.41. The number of aliphatic carboxylic acids is 1. The van der Waals surface area contributed by atoms with Crippen LogP contribution in [0.3, 0.4) is 0 Å². The molecule has 0 aliphatic carbocycles. The molecule has 2 rings (SSSR count). The first-order chi connectivity index (χ1) is 9.99. The topological polar surface area (TPSA) is 78.9 Å². The van der Waals surface area contributed by atoms with Crippen LogP contribution in [0.1, 0.15) is 33.1 Å². The summed E-state index contributed by atoms with van der Waals surface area (Å²) < 4.78 is 5.72. The molecule has 0 aromatic carbocycles. The highest BCUT2D eigenvalue weighted by Crippen LogP contribution is 2.26. The zero-order valence-electron chi connectivity index (χ0n) is 12.9. The fourth-order valence-electron chi connectivity index (χ4n) is 3.27. The molecule has 0 radical (unpaired) electrons. The molecule has 2 saturated heterocycles. The molecule has 2 aliphatic heterocycles. The molecule has 0 aromatic heterocycles. The molecule has 0 spiro atoms. The quantitative estimate of drug-likeness (QED) is 0.825. The molecule has 120 valence electrons. The number of nitrogens with one attached hydrogen (secondary N) is 1. The van der Waals surface area contributed by atoms with Crippen LogP contribution in [0.25, 0.3) is 0 Å². The van der Waals surface area contributed by atoms with Crippen molar-refractivity contribution in [3.63, 3.8) is 0 Å². The average Bonchev–Trinajstić information content (AvgIpc) is 2.93. The second kappa shape index (κ2) is 7.11. The number of likely N-dealkylation sites (tertiary alicyclic amines) is 1. The van der Waals surface area contributed by atoms with Gasteiger partial charge in [-0.05, 0) is 25.2 Å². The first-order valence-corrected chi connectivity index (χ1v) is 7.86. The Bertz CT molecular complexity index is 378. The molecule has 2 unspecified atom stereocenters. The van der Waals surface area contributed by atoms with Crippen molar-refractivity contribution in [2.75, 3.05) is 26.2 Å². The SMILES string of the molecule is CC(C)C1OCCC1CNC(=O)N1CCC(C(=O)O)CC1. The predicted molar refractivity (Wildman–Crippen MR) is 78.0 cm³/mol. The lowest BCUT2D eigenvalue weighted by atomic mass is 9.93. The van der Waals surface area contributed by atoms with Gasteiger partial charge >= 0.3 is 12.0 Å². The van der Waals surface area contributed by atoms with Crippen LogP contribution in [0.4, 0.5) is 4.79 Å². The van der Waals surface area contributed by atoms with E-state index in [0.717, 1.165) is 13.0 Å². The molecule has 2 amide bonds. The molecule has 6 nitrogen and oxygen atoms in total. The smallest absolute Gasteiger partial charge is 0.317 e. The van der Waals surface area contributed by atoms with Gasteiger partial charge in [-0.2, -0.15) is 0 Å². The largest absolute Gasteiger partial charge is 0.481 e. The standard InChI is InChI=1S/C15H26N2O4/c1-10(2)13-12(5-8-21-13)9-16-15(20)17-6-3-11(4-7-17)14(18)19/h10-13H,3-9H2,1-2H3,(H,16,20)(H,18,19). The van der Waals surface area contributed by atoms with Crippen molar-refractivity contribution in [1.29, 1.82) is 0 Å². The molecule has 0 saturated carbocycles. The zero-order valence-corrected chi connectivity index (χ0v) is 12.9. The molecule has 21 heavy (non-hydrogen) atoms. The van der Waals surface area contributed by atoms with Gasteiger partial charge in [-0.25, -0.2) is 4.79 Å². The van der Waals surface area contributed by atoms with Gasteiger partial charge < -0.3 is 20.1 Å². The van der Waals surface area contributed by atoms with E-state index in [4.69, 9.17) is 9.84 Å². The summed E-state index contributed by atoms with van der Waals surface area (Å²) >= 11 is 0. The monoisotopic (exact) mass is 298 g/mol. The average molecular weight is 298 g/mol. The van der Waals surface area contributed by atoms with Crippen LogP contribution < -0.4 is 5.32 Å². The first-order valence-electron chi connectivity index (χ1n) is 7.86. The number of carbonyl (C=O) groups is 2. The van der Waals surface area contributed by atoms with Crippen LogP contribution >= 0.6 is 0 Å². The van der Waals surface area contributed by atoms with E-state index in [9.17, 15) is 9.59 Å². The molecule has 6 heteroatoms. The number of carboxylic acid groups (broad SMARTS) is 1. The molecule has 0 bridgehead atoms. The number of amides is 2. The van der Waals surface area contributed by atoms with Gasteiger partial charge in [0.2, 0.25) is 0 Å². The van der Waals surface area contributed by atoms with Gasteiger partial charge in [0.25, 0.3) is 0 Å². The van der Waals surface area contributed by atoms with Crippen molar-refractivity contribution in [2.45, 2.75) is 39.2 Å². The highest BCUT2D eigenvalue weighted by Gasteiger charge is 2.32. The minimum absolute atomic E-state index is 0.0757. The van der Waals surface area contributed by atoms with Gasteiger partial charge in [-0.1, -0.05) is 13.8 Å². The third kappa shape index (κ3) is 4.09. The Morgan fingerprint density at radius 3 is 2.52 bits per heavy atom. The fraction of sp³-hybridized carbons (Fsp3) is 0.867. The molecule has 2 heterocycles. The second-order valence-corrected chi connectivity index (χ2v) is 6.41. The molecule has 2 N–H and O–H groups in total. The molecular formula is C15H26N2O4. The van der Waals surface area contributed by atoms with Crippen molar-refractivity contribution >= 4 is 12.0 Å². The highest BCUT2D eigenvalue weighted by atomic mass is 16.5. The minimum Gasteiger partial charge on any atom is -0.481 e. The maximum Gasteiger partial charge on any atom is 0.317 e. The Hall–Kier alpha value is -1.30. The third-order valence-corrected chi connectivity index (χ3v) is 4.57. The number of urea groups is 1. The van der Waals surface area contributed by atoms with Gasteiger partial charge in [0.1, 0.15) is 0 Å². The summed E-state index contributed by atoms with van der Waals surface area (Å²) in [6, 6.07) is -0.0757. The van der Waals surface area contributed by atoms with Crippen molar-refractivity contribution in [2.24, 2.45) is 17.8 Å². The Kier molecular flexibility index (Phi) is 5.45. The number of ether oxygens (including phenoxy) is 1. The molecule has 0 aromatic rings. The summed E-state index contributed by atoms with van der Waals surface area (Å²) in [5, 5.41) is 11.9. The van der Waals surface area contributed by atoms with Crippen LogP contribution in [0.2, 0.25) is 0 Å². The number of carbonyl (C=O) groups excluding carboxylic acids is 1. The minimum atomic E-state index is -0.752. The van der Waals surface area contributed by atoms with E-state index in [1.807, 2.05) is 0 Å². The summed E-state index contributed by atoms with van der Waals surface area (Å²) in [6.45, 7) is 6.74. The highest BCUT2D eigenvalue weighted by molar-refractivity contribution is 5.75. The van der Waals surface area contributed by atoms with Crippen LogP contribution in [0, 0.1) is 17.8 Å². The Morgan fingerprint density at radius 1 is 1.29 bits per heavy atom. The molecule has 2 aliphatic rings. The molecule has 2 atom stereocenters. The van der Waals surface area contributed by atoms with Gasteiger partial charge in [-0.3, -0.25) is 4.79 Å². The number of carboxylic acids is 1. The number of rotatable bonds is 4. The molecular weight excluding hydrogens is 272 g/mol. The maximum atomic E-state index is 12.1. The Balaban J connectivity index is 1.74. The van der Waals surface area contributed by atoms with Gasteiger partial charge in [-0.15, -0.1) is 0 Å². The zero-order chi connectivity index (χ0) is 15.4. The van der Waals surface area contributed by atoms with Crippen molar-refractivity contribution in [1.82, 2.24) is 10.2 Å². The lowest BCUT2D eigenvalue weighted by Crippen LogP contribution is -2.47. The van der Waals surface area contributed by atoms with Gasteiger partial charge in [0.15, 0.2) is 0 Å². The fourth-order valence-corrected chi connectivity index (χ4v) is 3.27. The van der Waals surface area contributed by atoms with E-state index in [1.54, 1.807) is 4.90 Å². The van der Waals surface area contributed by atoms with E-state index in [-0.39, 0.29) is 18.1 Å². The van der Waals surface area contributed by atoms with Gasteiger partial charge in [0, 0.05) is 32.2 Å². The Labute approximate surface area is 125 Å². The normalized spacial score (nSPS) is 27.1. The van der Waals surface area contributed by atoms with E-state index in [2.05, 4.69) is 19.2 Å². The lowest BCUT2D eigenvalue weighted by molar-refractivity contribution is -0.143. The third-order valence-electron chi connectivity index (χ3n) is 4.57. The van der Waals surface area contributed by atoms with E-state index in [0.29, 0.717) is 44.3 Å². The summed E-state index contributed by atoms with van der Waals surface area (Å²) in [5.74, 6) is -0.216. The predicted octanol–water partition coefficient (Wildman–Crippen LogP) is 1.55. The van der Waals surface area contributed by atoms with E-state index < -0.39 is 5.97 Å². The van der Waals surface area contributed by atoms with Crippen LogP contribution in [0.5, 0.6) is 0 Å². The van der Waals surface area contributed by atoms with Crippen LogP contribution in [-0.2, 0) is 9.53 Å². The number of piperidine rings is 1. The Morgan fingerprint density at radius 2 is 1.95 bits per heavy atom. The lowest BCUT2D eigenvalue weighted by Gasteiger charge is -2.31. The maximum absolute atomic E-state index is 12.1.